The van der Waals surface area contributed by atoms with E-state index in [9.17, 15) is 9.90 Å². The third-order valence-corrected chi connectivity index (χ3v) is 3.21. The number of urea groups is 1. The van der Waals surface area contributed by atoms with Crippen LogP contribution in [0.25, 0.3) is 0 Å². The van der Waals surface area contributed by atoms with Crippen molar-refractivity contribution in [2.75, 3.05) is 7.11 Å². The summed E-state index contributed by atoms with van der Waals surface area (Å²) in [5.74, 6) is 0.944. The Bertz CT molecular complexity index is 709. The maximum absolute atomic E-state index is 10.7. The Kier molecular flexibility index (Phi) is 4.73. The van der Waals surface area contributed by atoms with E-state index in [2.05, 4.69) is 10.2 Å². The molecule has 2 aromatic rings. The van der Waals surface area contributed by atoms with Crippen molar-refractivity contribution < 1.29 is 14.6 Å². The fourth-order valence-electron chi connectivity index (χ4n) is 2.04. The minimum Gasteiger partial charge on any atom is -0.508 e. The highest BCUT2D eigenvalue weighted by Gasteiger charge is 2.08. The van der Waals surface area contributed by atoms with Crippen LogP contribution in [0, 0.1) is 6.92 Å². The van der Waals surface area contributed by atoms with E-state index < -0.39 is 6.03 Å². The van der Waals surface area contributed by atoms with E-state index in [1.165, 1.54) is 0 Å². The Morgan fingerprint density at radius 2 is 1.95 bits per heavy atom. The Balaban J connectivity index is 2.29. The third kappa shape index (κ3) is 3.82. The molecule has 0 saturated carbocycles. The zero-order valence-corrected chi connectivity index (χ0v) is 12.4. The van der Waals surface area contributed by atoms with Crippen LogP contribution in [0.15, 0.2) is 46.6 Å². The lowest BCUT2D eigenvalue weighted by molar-refractivity contribution is 0.255. The first-order chi connectivity index (χ1) is 10.5. The zero-order valence-electron chi connectivity index (χ0n) is 12.4. The number of phenols is 1. The van der Waals surface area contributed by atoms with E-state index in [4.69, 9.17) is 10.5 Å². The van der Waals surface area contributed by atoms with E-state index in [-0.39, 0.29) is 5.75 Å². The number of aryl methyl sites for hydroxylation is 1. The Morgan fingerprint density at radius 3 is 2.55 bits per heavy atom. The number of aromatic hydroxyl groups is 1. The van der Waals surface area contributed by atoms with Crippen LogP contribution in [0.1, 0.15) is 16.7 Å². The summed E-state index contributed by atoms with van der Waals surface area (Å²) in [6, 6.07) is 9.98. The molecule has 0 aliphatic carbocycles. The van der Waals surface area contributed by atoms with E-state index >= 15 is 0 Å². The van der Waals surface area contributed by atoms with Gasteiger partial charge in [0.2, 0.25) is 0 Å². The van der Waals surface area contributed by atoms with Gasteiger partial charge in [-0.3, -0.25) is 0 Å². The van der Waals surface area contributed by atoms with Crippen molar-refractivity contribution in [2.45, 2.75) is 13.3 Å². The molecule has 0 atom stereocenters. The van der Waals surface area contributed by atoms with E-state index in [0.29, 0.717) is 23.2 Å². The molecule has 0 aliphatic heterocycles. The van der Waals surface area contributed by atoms with E-state index in [1.807, 2.05) is 24.3 Å². The molecular formula is C16H17N3O3. The first-order valence-electron chi connectivity index (χ1n) is 6.66. The summed E-state index contributed by atoms with van der Waals surface area (Å²) >= 11 is 0. The predicted molar refractivity (Wildman–Crippen MR) is 82.7 cm³/mol. The van der Waals surface area contributed by atoms with Crippen LogP contribution in [0.4, 0.5) is 10.5 Å². The van der Waals surface area contributed by atoms with Gasteiger partial charge in [-0.1, -0.05) is 17.2 Å². The quantitative estimate of drug-likeness (QED) is 0.846. The SMILES string of the molecule is COc1ccc(Cc2cc(N=NC(N)=O)c(C)cc2O)cc1. The van der Waals surface area contributed by atoms with Gasteiger partial charge in [-0.05, 0) is 42.3 Å². The van der Waals surface area contributed by atoms with Crippen LogP contribution in [-0.2, 0) is 6.42 Å². The second kappa shape index (κ2) is 6.71. The molecule has 6 nitrogen and oxygen atoms in total. The lowest BCUT2D eigenvalue weighted by atomic mass is 10.0. The molecule has 0 spiro atoms. The van der Waals surface area contributed by atoms with Gasteiger partial charge in [0, 0.05) is 12.0 Å². The molecule has 0 unspecified atom stereocenters. The van der Waals surface area contributed by atoms with Crippen LogP contribution in [0.2, 0.25) is 0 Å². The first kappa shape index (κ1) is 15.5. The highest BCUT2D eigenvalue weighted by atomic mass is 16.5. The molecular weight excluding hydrogens is 282 g/mol. The molecule has 114 valence electrons. The predicted octanol–water partition coefficient (Wildman–Crippen LogP) is 3.46. The number of benzene rings is 2. The van der Waals surface area contributed by atoms with Gasteiger partial charge in [0.1, 0.15) is 11.5 Å². The Labute approximate surface area is 128 Å². The smallest absolute Gasteiger partial charge is 0.356 e. The summed E-state index contributed by atoms with van der Waals surface area (Å²) in [6.45, 7) is 1.77. The van der Waals surface area contributed by atoms with Crippen molar-refractivity contribution >= 4 is 11.7 Å². The Morgan fingerprint density at radius 1 is 1.27 bits per heavy atom. The molecule has 22 heavy (non-hydrogen) atoms. The minimum absolute atomic E-state index is 0.173. The van der Waals surface area contributed by atoms with Crippen molar-refractivity contribution in [3.63, 3.8) is 0 Å². The van der Waals surface area contributed by atoms with Gasteiger partial charge in [-0.15, -0.1) is 5.11 Å². The molecule has 0 radical (unpaired) electrons. The van der Waals surface area contributed by atoms with Gasteiger partial charge >= 0.3 is 6.03 Å². The molecule has 0 aromatic heterocycles. The second-order valence-corrected chi connectivity index (χ2v) is 4.83. The van der Waals surface area contributed by atoms with Gasteiger partial charge in [-0.2, -0.15) is 0 Å². The van der Waals surface area contributed by atoms with Crippen molar-refractivity contribution in [3.05, 3.63) is 53.1 Å². The number of hydrogen-bond donors (Lipinski definition) is 2. The van der Waals surface area contributed by atoms with Crippen molar-refractivity contribution in [1.82, 2.24) is 0 Å². The van der Waals surface area contributed by atoms with Gasteiger partial charge in [0.15, 0.2) is 0 Å². The molecule has 2 amide bonds. The van der Waals surface area contributed by atoms with Crippen molar-refractivity contribution in [3.8, 4) is 11.5 Å². The van der Waals surface area contributed by atoms with E-state index in [1.54, 1.807) is 26.2 Å². The van der Waals surface area contributed by atoms with Crippen molar-refractivity contribution in [1.29, 1.82) is 0 Å². The zero-order chi connectivity index (χ0) is 16.1. The summed E-state index contributed by atoms with van der Waals surface area (Å²) < 4.78 is 5.11. The fourth-order valence-corrected chi connectivity index (χ4v) is 2.04. The molecule has 0 bridgehead atoms. The number of hydrogen-bond acceptors (Lipinski definition) is 4. The average molecular weight is 299 g/mol. The van der Waals surface area contributed by atoms with Crippen LogP contribution in [0.5, 0.6) is 11.5 Å². The lowest BCUT2D eigenvalue weighted by Crippen LogP contribution is -2.02. The summed E-state index contributed by atoms with van der Waals surface area (Å²) in [6.07, 6.45) is 0.523. The molecule has 0 fully saturated rings. The highest BCUT2D eigenvalue weighted by molar-refractivity contribution is 5.72. The largest absolute Gasteiger partial charge is 0.508 e. The maximum Gasteiger partial charge on any atom is 0.356 e. The topological polar surface area (TPSA) is 97.3 Å². The van der Waals surface area contributed by atoms with Gasteiger partial charge in [0.25, 0.3) is 0 Å². The second-order valence-electron chi connectivity index (χ2n) is 4.83. The Hall–Kier alpha value is -2.89. The van der Waals surface area contributed by atoms with Crippen LogP contribution in [-0.4, -0.2) is 18.2 Å². The van der Waals surface area contributed by atoms with Gasteiger partial charge in [0.05, 0.1) is 12.8 Å². The van der Waals surface area contributed by atoms with Crippen LogP contribution in [0.3, 0.4) is 0 Å². The number of rotatable bonds is 4. The van der Waals surface area contributed by atoms with Crippen molar-refractivity contribution in [2.24, 2.45) is 16.0 Å². The number of nitrogens with two attached hydrogens (primary N) is 1. The summed E-state index contributed by atoms with van der Waals surface area (Å²) in [7, 11) is 1.61. The van der Waals surface area contributed by atoms with Crippen LogP contribution >= 0.6 is 0 Å². The summed E-state index contributed by atoms with van der Waals surface area (Å²) in [5, 5.41) is 17.2. The average Bonchev–Trinajstić information content (AvgIpc) is 2.49. The molecule has 0 heterocycles. The summed E-state index contributed by atoms with van der Waals surface area (Å²) in [4.78, 5) is 10.7. The highest BCUT2D eigenvalue weighted by Crippen LogP contribution is 2.30. The number of carbonyl (C=O) groups is 1. The van der Waals surface area contributed by atoms with Crippen LogP contribution < -0.4 is 10.5 Å². The number of carbonyl (C=O) groups excluding carboxylic acids is 1. The minimum atomic E-state index is -0.857. The number of ether oxygens (including phenoxy) is 1. The number of nitrogens with zero attached hydrogens (tertiary/aromatic N) is 2. The number of phenolic OH excluding ortho intramolecular Hbond substituents is 1. The van der Waals surface area contributed by atoms with Gasteiger partial charge in [-0.25, -0.2) is 4.79 Å². The fraction of sp³-hybridized carbons (Fsp3) is 0.188. The number of methoxy groups -OCH3 is 1. The number of primary amides is 1. The standard InChI is InChI=1S/C16H17N3O3/c1-10-7-15(20)12(9-14(10)18-19-16(17)21)8-11-3-5-13(22-2)6-4-11/h3-7,9,20H,8H2,1-2H3,(H2,17,21). The van der Waals surface area contributed by atoms with E-state index in [0.717, 1.165) is 11.3 Å². The molecule has 2 rings (SSSR count). The monoisotopic (exact) mass is 299 g/mol. The summed E-state index contributed by atoms with van der Waals surface area (Å²) in [5.41, 5.74) is 7.86. The lowest BCUT2D eigenvalue weighted by Gasteiger charge is -2.09. The molecule has 6 heteroatoms. The molecule has 0 aliphatic rings. The molecule has 3 N–H and O–H groups in total. The number of azo groups is 1. The first-order valence-corrected chi connectivity index (χ1v) is 6.66. The third-order valence-electron chi connectivity index (χ3n) is 3.21. The van der Waals surface area contributed by atoms with Gasteiger partial charge < -0.3 is 15.6 Å². The molecule has 0 saturated heterocycles. The molecule has 2 aromatic carbocycles. The normalized spacial score (nSPS) is 10.8. The number of amides is 2. The maximum atomic E-state index is 10.7.